The van der Waals surface area contributed by atoms with Gasteiger partial charge in [0, 0.05) is 25.3 Å². The predicted molar refractivity (Wildman–Crippen MR) is 90.1 cm³/mol. The van der Waals surface area contributed by atoms with Crippen molar-refractivity contribution >= 4 is 0 Å². The second-order valence-electron chi connectivity index (χ2n) is 6.34. The molecule has 26 heavy (non-hydrogen) atoms. The normalized spacial score (nSPS) is 20.5. The average Bonchev–Trinajstić information content (AvgIpc) is 2.58. The highest BCUT2D eigenvalue weighted by Crippen LogP contribution is 2.22. The van der Waals surface area contributed by atoms with Gasteiger partial charge in [-0.3, -0.25) is 4.98 Å². The van der Waals surface area contributed by atoms with Crippen LogP contribution in [0.25, 0.3) is 0 Å². The minimum absolute atomic E-state index is 0.0668. The van der Waals surface area contributed by atoms with Gasteiger partial charge in [-0.1, -0.05) is 6.58 Å². The molecule has 1 aromatic rings. The molecule has 0 aliphatic carbocycles. The van der Waals surface area contributed by atoms with Crippen LogP contribution in [-0.2, 0) is 11.2 Å². The lowest BCUT2D eigenvalue weighted by molar-refractivity contribution is -0.127. The van der Waals surface area contributed by atoms with E-state index in [1.165, 1.54) is 6.20 Å². The molecule has 0 amide bonds. The Morgan fingerprint density at radius 1 is 1.46 bits per heavy atom. The van der Waals surface area contributed by atoms with E-state index in [-0.39, 0.29) is 23.7 Å². The van der Waals surface area contributed by atoms with Gasteiger partial charge in [0.15, 0.2) is 0 Å². The van der Waals surface area contributed by atoms with Crippen molar-refractivity contribution in [2.75, 3.05) is 19.7 Å². The van der Waals surface area contributed by atoms with Crippen LogP contribution < -0.4 is 10.6 Å². The first-order valence-corrected chi connectivity index (χ1v) is 8.42. The summed E-state index contributed by atoms with van der Waals surface area (Å²) in [6.07, 6.45) is -1.41. The van der Waals surface area contributed by atoms with E-state index in [0.29, 0.717) is 38.1 Å². The van der Waals surface area contributed by atoms with Crippen molar-refractivity contribution in [1.82, 2.24) is 15.6 Å². The molecule has 2 atom stereocenters. The number of allylic oxidation sites excluding steroid dienone is 1. The van der Waals surface area contributed by atoms with E-state index in [4.69, 9.17) is 4.74 Å². The van der Waals surface area contributed by atoms with Gasteiger partial charge in [-0.2, -0.15) is 13.2 Å². The van der Waals surface area contributed by atoms with Gasteiger partial charge in [0.1, 0.15) is 5.82 Å². The van der Waals surface area contributed by atoms with Gasteiger partial charge in [0.05, 0.1) is 31.0 Å². The quantitative estimate of drug-likeness (QED) is 0.570. The summed E-state index contributed by atoms with van der Waals surface area (Å²) in [5.41, 5.74) is 3.65. The molecule has 1 aliphatic heterocycles. The van der Waals surface area contributed by atoms with Crippen LogP contribution in [0.15, 0.2) is 30.4 Å². The average molecular weight is 373 g/mol. The van der Waals surface area contributed by atoms with Crippen molar-refractivity contribution in [2.45, 2.75) is 44.5 Å². The zero-order valence-corrected chi connectivity index (χ0v) is 14.6. The third-order valence-electron chi connectivity index (χ3n) is 4.26. The molecule has 144 valence electrons. The maximum atomic E-state index is 13.8. The second kappa shape index (κ2) is 9.16. The first-order chi connectivity index (χ1) is 12.3. The Labute approximate surface area is 150 Å². The summed E-state index contributed by atoms with van der Waals surface area (Å²) in [7, 11) is 0. The van der Waals surface area contributed by atoms with E-state index in [9.17, 15) is 17.6 Å². The van der Waals surface area contributed by atoms with Crippen molar-refractivity contribution in [3.8, 4) is 0 Å². The smallest absolute Gasteiger partial charge is 0.380 e. The minimum atomic E-state index is -4.30. The Morgan fingerprint density at radius 3 is 2.81 bits per heavy atom. The number of rotatable bonds is 7. The molecule has 1 aromatic heterocycles. The van der Waals surface area contributed by atoms with Gasteiger partial charge < -0.3 is 15.4 Å². The Kier molecular flexibility index (Phi) is 7.20. The maximum absolute atomic E-state index is 13.8. The van der Waals surface area contributed by atoms with E-state index in [1.807, 2.05) is 6.92 Å². The lowest BCUT2D eigenvalue weighted by Gasteiger charge is -2.31. The van der Waals surface area contributed by atoms with Crippen molar-refractivity contribution < 1.29 is 22.3 Å². The zero-order valence-electron chi connectivity index (χ0n) is 14.6. The van der Waals surface area contributed by atoms with Crippen LogP contribution in [0.2, 0.25) is 0 Å². The molecule has 0 spiro atoms. The number of aryl methyl sites for hydroxylation is 1. The Hall–Kier alpha value is -1.89. The summed E-state index contributed by atoms with van der Waals surface area (Å²) in [6.45, 7) is 6.31. The van der Waals surface area contributed by atoms with Gasteiger partial charge in [-0.15, -0.1) is 5.73 Å². The second-order valence-corrected chi connectivity index (χ2v) is 6.34. The molecule has 2 N–H and O–H groups in total. The number of pyridine rings is 1. The lowest BCUT2D eigenvalue weighted by Crippen LogP contribution is -2.50. The number of hydrogen-bond donors (Lipinski definition) is 2. The number of nitrogens with zero attached hydrogens (tertiary/aromatic N) is 1. The Bertz CT molecular complexity index is 628. The summed E-state index contributed by atoms with van der Waals surface area (Å²) in [6, 6.07) is -0.109. The van der Waals surface area contributed by atoms with Crippen LogP contribution >= 0.6 is 0 Å². The Balaban J connectivity index is 1.73. The van der Waals surface area contributed by atoms with E-state index >= 15 is 0 Å². The van der Waals surface area contributed by atoms with E-state index in [0.717, 1.165) is 5.56 Å². The molecular weight excluding hydrogens is 350 g/mol. The van der Waals surface area contributed by atoms with Crippen LogP contribution in [0.5, 0.6) is 0 Å². The van der Waals surface area contributed by atoms with Gasteiger partial charge in [-0.25, -0.2) is 4.39 Å². The van der Waals surface area contributed by atoms with Crippen LogP contribution in [0.3, 0.4) is 0 Å². The Morgan fingerprint density at radius 2 is 2.23 bits per heavy atom. The van der Waals surface area contributed by atoms with Gasteiger partial charge in [-0.05, 0) is 30.9 Å². The molecule has 0 saturated carbocycles. The molecule has 1 aliphatic rings. The van der Waals surface area contributed by atoms with Gasteiger partial charge in [0.2, 0.25) is 0 Å². The highest BCUT2D eigenvalue weighted by molar-refractivity contribution is 5.23. The number of nitrogens with one attached hydrogen (secondary N) is 2. The molecule has 0 bridgehead atoms. The molecule has 2 rings (SSSR count). The minimum Gasteiger partial charge on any atom is -0.380 e. The summed E-state index contributed by atoms with van der Waals surface area (Å²) in [4.78, 5) is 3.81. The predicted octanol–water partition coefficient (Wildman–Crippen LogP) is 3.03. The highest BCUT2D eigenvalue weighted by Gasteiger charge is 2.29. The third-order valence-corrected chi connectivity index (χ3v) is 4.26. The summed E-state index contributed by atoms with van der Waals surface area (Å²) >= 11 is 0. The number of aromatic nitrogens is 1. The summed E-state index contributed by atoms with van der Waals surface area (Å²) < 4.78 is 56.7. The molecule has 2 heterocycles. The zero-order chi connectivity index (χ0) is 19.2. The van der Waals surface area contributed by atoms with Crippen molar-refractivity contribution in [1.29, 1.82) is 0 Å². The highest BCUT2D eigenvalue weighted by atomic mass is 19.4. The molecule has 1 saturated heterocycles. The van der Waals surface area contributed by atoms with Crippen molar-refractivity contribution in [3.05, 3.63) is 47.3 Å². The first-order valence-electron chi connectivity index (χ1n) is 8.42. The number of hydrogen-bond acceptors (Lipinski definition) is 4. The molecular formula is C18H23F4N3O. The fourth-order valence-corrected chi connectivity index (χ4v) is 2.80. The molecule has 8 heteroatoms. The fourth-order valence-electron chi connectivity index (χ4n) is 2.80. The first kappa shape index (κ1) is 20.4. The topological polar surface area (TPSA) is 46.2 Å². The molecule has 0 unspecified atom stereocenters. The van der Waals surface area contributed by atoms with Crippen molar-refractivity contribution in [2.24, 2.45) is 0 Å². The van der Waals surface area contributed by atoms with Crippen molar-refractivity contribution in [3.63, 3.8) is 0 Å². The van der Waals surface area contributed by atoms with Crippen LogP contribution in [-0.4, -0.2) is 43.0 Å². The van der Waals surface area contributed by atoms with Crippen LogP contribution in [0, 0.1) is 12.7 Å². The maximum Gasteiger partial charge on any atom is 0.395 e. The third kappa shape index (κ3) is 6.44. The van der Waals surface area contributed by atoms with Gasteiger partial charge in [0.25, 0.3) is 0 Å². The van der Waals surface area contributed by atoms with Gasteiger partial charge >= 0.3 is 6.18 Å². The molecule has 0 radical (unpaired) electrons. The number of ether oxygens (including phenoxy) is 1. The largest absolute Gasteiger partial charge is 0.395 e. The van der Waals surface area contributed by atoms with Crippen LogP contribution in [0.1, 0.15) is 24.0 Å². The lowest BCUT2D eigenvalue weighted by atomic mass is 10.0. The van der Waals surface area contributed by atoms with E-state index in [1.54, 1.807) is 6.20 Å². The molecule has 0 aromatic carbocycles. The van der Waals surface area contributed by atoms with E-state index in [2.05, 4.69) is 27.9 Å². The number of alkyl halides is 3. The van der Waals surface area contributed by atoms with Crippen LogP contribution in [0.4, 0.5) is 17.6 Å². The fraction of sp³-hybridized carbons (Fsp3) is 0.556. The summed E-state index contributed by atoms with van der Waals surface area (Å²) in [5.74, 6) is -0.316. The van der Waals surface area contributed by atoms with E-state index < -0.39 is 12.6 Å². The SMILES string of the molecule is C=C=C(CC(F)(F)F)NC[C@@H]1CO[C@H](CCc2c(C)cncc2F)CN1. The molecule has 1 fully saturated rings. The number of morpholine rings is 1. The molecule has 4 nitrogen and oxygen atoms in total. The monoisotopic (exact) mass is 373 g/mol. The number of halogens is 4. The summed E-state index contributed by atoms with van der Waals surface area (Å²) in [5, 5.41) is 5.95. The standard InChI is InChI=1S/C18H23F4N3O/c1-3-13(6-18(20,21)22)24-8-14-11-26-15(9-25-14)4-5-16-12(2)7-23-10-17(16)19/h7,10,14-15,24-25H,1,4-6,8-9,11H2,2H3/t14-,15-/m1/s1.